The summed E-state index contributed by atoms with van der Waals surface area (Å²) in [6, 6.07) is 11.3. The van der Waals surface area contributed by atoms with E-state index in [2.05, 4.69) is 5.32 Å². The number of benzene rings is 2. The van der Waals surface area contributed by atoms with Crippen LogP contribution in [-0.2, 0) is 4.79 Å². The molecule has 0 spiro atoms. The molecule has 0 radical (unpaired) electrons. The van der Waals surface area contributed by atoms with E-state index in [0.717, 1.165) is 5.56 Å². The maximum atomic E-state index is 13.3. The number of aryl methyl sites for hydroxylation is 1. The lowest BCUT2D eigenvalue weighted by Crippen LogP contribution is -2.32. The van der Waals surface area contributed by atoms with Crippen LogP contribution in [0, 0.1) is 12.7 Å². The summed E-state index contributed by atoms with van der Waals surface area (Å²) in [7, 11) is 0. The Bertz CT molecular complexity index is 679. The van der Waals surface area contributed by atoms with Gasteiger partial charge in [0.2, 0.25) is 0 Å². The highest BCUT2D eigenvalue weighted by Gasteiger charge is 2.05. The van der Waals surface area contributed by atoms with E-state index in [1.807, 2.05) is 6.92 Å². The van der Waals surface area contributed by atoms with Gasteiger partial charge in [-0.2, -0.15) is 0 Å². The number of halogens is 2. The fourth-order valence-corrected chi connectivity index (χ4v) is 1.94. The standard InChI is InChI=1S/C17H17ClFNO3/c1-12-10-13(6-7-14(12)18)23-11-17(21)20-8-9-22-16-5-3-2-4-15(16)19/h2-7,10H,8-9,11H2,1H3,(H,20,21). The molecule has 0 heterocycles. The third-order valence-corrected chi connectivity index (χ3v) is 3.44. The molecule has 2 aromatic carbocycles. The number of hydrogen-bond donors (Lipinski definition) is 1. The van der Waals surface area contributed by atoms with E-state index in [9.17, 15) is 9.18 Å². The molecule has 0 aliphatic rings. The number of hydrogen-bond acceptors (Lipinski definition) is 3. The fourth-order valence-electron chi connectivity index (χ4n) is 1.82. The molecule has 0 unspecified atom stereocenters. The summed E-state index contributed by atoms with van der Waals surface area (Å²) in [5.74, 6) is 0.0225. The molecular weight excluding hydrogens is 321 g/mol. The third-order valence-electron chi connectivity index (χ3n) is 3.02. The monoisotopic (exact) mass is 337 g/mol. The Labute approximate surface area is 139 Å². The molecule has 0 aliphatic heterocycles. The van der Waals surface area contributed by atoms with E-state index in [0.29, 0.717) is 10.8 Å². The molecule has 2 rings (SSSR count). The summed E-state index contributed by atoms with van der Waals surface area (Å²) >= 11 is 5.91. The van der Waals surface area contributed by atoms with E-state index in [1.165, 1.54) is 12.1 Å². The van der Waals surface area contributed by atoms with Gasteiger partial charge in [0, 0.05) is 5.02 Å². The van der Waals surface area contributed by atoms with E-state index in [-0.39, 0.29) is 31.4 Å². The molecule has 23 heavy (non-hydrogen) atoms. The van der Waals surface area contributed by atoms with Gasteiger partial charge < -0.3 is 14.8 Å². The second kappa shape index (κ2) is 8.39. The number of carbonyl (C=O) groups excluding carboxylic acids is 1. The van der Waals surface area contributed by atoms with E-state index >= 15 is 0 Å². The minimum atomic E-state index is -0.430. The maximum Gasteiger partial charge on any atom is 0.258 e. The SMILES string of the molecule is Cc1cc(OCC(=O)NCCOc2ccccc2F)ccc1Cl. The minimum Gasteiger partial charge on any atom is -0.489 e. The molecule has 0 saturated carbocycles. The molecule has 1 amide bonds. The lowest BCUT2D eigenvalue weighted by atomic mass is 10.2. The molecule has 0 saturated heterocycles. The summed E-state index contributed by atoms with van der Waals surface area (Å²) < 4.78 is 23.9. The van der Waals surface area contributed by atoms with Crippen molar-refractivity contribution >= 4 is 17.5 Å². The first kappa shape index (κ1) is 17.1. The zero-order valence-electron chi connectivity index (χ0n) is 12.6. The van der Waals surface area contributed by atoms with Crippen molar-refractivity contribution in [2.45, 2.75) is 6.92 Å². The van der Waals surface area contributed by atoms with Crippen molar-refractivity contribution < 1.29 is 18.7 Å². The molecule has 4 nitrogen and oxygen atoms in total. The highest BCUT2D eigenvalue weighted by atomic mass is 35.5. The van der Waals surface area contributed by atoms with E-state index < -0.39 is 5.82 Å². The van der Waals surface area contributed by atoms with Crippen LogP contribution in [0.3, 0.4) is 0 Å². The molecule has 2 aromatic rings. The Morgan fingerprint density at radius 3 is 2.74 bits per heavy atom. The molecular formula is C17H17ClFNO3. The lowest BCUT2D eigenvalue weighted by Gasteiger charge is -2.10. The van der Waals surface area contributed by atoms with Crippen molar-refractivity contribution in [1.82, 2.24) is 5.32 Å². The normalized spacial score (nSPS) is 10.2. The minimum absolute atomic E-state index is 0.110. The van der Waals surface area contributed by atoms with Gasteiger partial charge in [-0.1, -0.05) is 23.7 Å². The smallest absolute Gasteiger partial charge is 0.258 e. The first-order valence-electron chi connectivity index (χ1n) is 7.09. The van der Waals surface area contributed by atoms with E-state index in [1.54, 1.807) is 30.3 Å². The Morgan fingerprint density at radius 1 is 1.22 bits per heavy atom. The van der Waals surface area contributed by atoms with Crippen molar-refractivity contribution in [2.24, 2.45) is 0 Å². The van der Waals surface area contributed by atoms with Gasteiger partial charge in [-0.05, 0) is 42.8 Å². The Balaban J connectivity index is 1.67. The number of para-hydroxylation sites is 1. The van der Waals surface area contributed by atoms with E-state index in [4.69, 9.17) is 21.1 Å². The number of nitrogens with one attached hydrogen (secondary N) is 1. The van der Waals surface area contributed by atoms with Crippen molar-refractivity contribution in [1.29, 1.82) is 0 Å². The highest BCUT2D eigenvalue weighted by molar-refractivity contribution is 6.31. The number of carbonyl (C=O) groups is 1. The molecule has 0 bridgehead atoms. The van der Waals surface area contributed by atoms with Crippen LogP contribution in [0.5, 0.6) is 11.5 Å². The van der Waals surface area contributed by atoms with Crippen LogP contribution in [0.2, 0.25) is 5.02 Å². The zero-order valence-corrected chi connectivity index (χ0v) is 13.4. The van der Waals surface area contributed by atoms with Gasteiger partial charge in [0.25, 0.3) is 5.91 Å². The van der Waals surface area contributed by atoms with Crippen molar-refractivity contribution in [3.05, 3.63) is 58.9 Å². The average molecular weight is 338 g/mol. The Morgan fingerprint density at radius 2 is 2.00 bits per heavy atom. The van der Waals surface area contributed by atoms with Crippen LogP contribution in [0.25, 0.3) is 0 Å². The lowest BCUT2D eigenvalue weighted by molar-refractivity contribution is -0.123. The number of amides is 1. The molecule has 0 aliphatic carbocycles. The van der Waals surface area contributed by atoms with Crippen LogP contribution in [0.1, 0.15) is 5.56 Å². The van der Waals surface area contributed by atoms with Crippen molar-refractivity contribution in [2.75, 3.05) is 19.8 Å². The average Bonchev–Trinajstić information content (AvgIpc) is 2.54. The Hall–Kier alpha value is -2.27. The van der Waals surface area contributed by atoms with Gasteiger partial charge >= 0.3 is 0 Å². The molecule has 0 fully saturated rings. The maximum absolute atomic E-state index is 13.3. The topological polar surface area (TPSA) is 47.6 Å². The first-order valence-corrected chi connectivity index (χ1v) is 7.47. The van der Waals surface area contributed by atoms with Gasteiger partial charge in [0.15, 0.2) is 18.2 Å². The molecule has 6 heteroatoms. The molecule has 1 N–H and O–H groups in total. The zero-order chi connectivity index (χ0) is 16.7. The first-order chi connectivity index (χ1) is 11.1. The predicted molar refractivity (Wildman–Crippen MR) is 86.6 cm³/mol. The van der Waals surface area contributed by atoms with Crippen molar-refractivity contribution in [3.8, 4) is 11.5 Å². The van der Waals surface area contributed by atoms with Gasteiger partial charge in [-0.3, -0.25) is 4.79 Å². The van der Waals surface area contributed by atoms with Crippen LogP contribution in [0.4, 0.5) is 4.39 Å². The van der Waals surface area contributed by atoms with Gasteiger partial charge in [-0.25, -0.2) is 4.39 Å². The summed E-state index contributed by atoms with van der Waals surface area (Å²) in [5.41, 5.74) is 0.878. The summed E-state index contributed by atoms with van der Waals surface area (Å²) in [5, 5.41) is 3.28. The summed E-state index contributed by atoms with van der Waals surface area (Å²) in [4.78, 5) is 11.7. The Kier molecular flexibility index (Phi) is 6.23. The quantitative estimate of drug-likeness (QED) is 0.788. The second-order valence-electron chi connectivity index (χ2n) is 4.83. The fraction of sp³-hybridized carbons (Fsp3) is 0.235. The van der Waals surface area contributed by atoms with Crippen LogP contribution in [0.15, 0.2) is 42.5 Å². The van der Waals surface area contributed by atoms with Gasteiger partial charge in [0.05, 0.1) is 6.54 Å². The number of ether oxygens (including phenoxy) is 2. The molecule has 122 valence electrons. The largest absolute Gasteiger partial charge is 0.489 e. The van der Waals surface area contributed by atoms with Crippen LogP contribution in [-0.4, -0.2) is 25.7 Å². The van der Waals surface area contributed by atoms with Crippen molar-refractivity contribution in [3.63, 3.8) is 0 Å². The predicted octanol–water partition coefficient (Wildman–Crippen LogP) is 3.36. The third kappa shape index (κ3) is 5.45. The molecule has 0 aromatic heterocycles. The van der Waals surface area contributed by atoms with Crippen LogP contribution >= 0.6 is 11.6 Å². The molecule has 0 atom stereocenters. The summed E-state index contributed by atoms with van der Waals surface area (Å²) in [6.45, 7) is 2.18. The second-order valence-corrected chi connectivity index (χ2v) is 5.24. The van der Waals surface area contributed by atoms with Gasteiger partial charge in [-0.15, -0.1) is 0 Å². The van der Waals surface area contributed by atoms with Gasteiger partial charge in [0.1, 0.15) is 12.4 Å². The van der Waals surface area contributed by atoms with Crippen LogP contribution < -0.4 is 14.8 Å². The summed E-state index contributed by atoms with van der Waals surface area (Å²) in [6.07, 6.45) is 0. The number of rotatable bonds is 7. The highest BCUT2D eigenvalue weighted by Crippen LogP contribution is 2.20.